The standard InChI is InChI=1S/C18H25N7O/c1-3-19-18(26)23-17-10-15(21-13-22-17)12-24-6-8-25(9-7-24)16-5-4-14(2)20-11-16/h4-5,10-11,13H,3,6-9,12H2,1-2H3,(H2,19,21,22,23,26). The Morgan fingerprint density at radius 3 is 2.65 bits per heavy atom. The van der Waals surface area contributed by atoms with Crippen molar-refractivity contribution in [1.29, 1.82) is 0 Å². The Morgan fingerprint density at radius 2 is 1.96 bits per heavy atom. The van der Waals surface area contributed by atoms with Crippen molar-refractivity contribution in [1.82, 2.24) is 25.2 Å². The number of carbonyl (C=O) groups is 1. The number of aromatic nitrogens is 3. The van der Waals surface area contributed by atoms with Gasteiger partial charge in [0, 0.05) is 51.0 Å². The van der Waals surface area contributed by atoms with E-state index in [1.54, 1.807) is 0 Å². The number of rotatable bonds is 5. The maximum absolute atomic E-state index is 11.6. The van der Waals surface area contributed by atoms with Gasteiger partial charge in [-0.1, -0.05) is 0 Å². The van der Waals surface area contributed by atoms with Crippen LogP contribution >= 0.6 is 0 Å². The van der Waals surface area contributed by atoms with Crippen molar-refractivity contribution in [2.24, 2.45) is 0 Å². The Bertz CT molecular complexity index is 727. The predicted octanol–water partition coefficient (Wildman–Crippen LogP) is 1.64. The van der Waals surface area contributed by atoms with Crippen molar-refractivity contribution in [2.75, 3.05) is 42.9 Å². The summed E-state index contributed by atoms with van der Waals surface area (Å²) in [5.74, 6) is 0.519. The molecule has 138 valence electrons. The molecule has 26 heavy (non-hydrogen) atoms. The van der Waals surface area contributed by atoms with E-state index in [4.69, 9.17) is 0 Å². The molecule has 2 amide bonds. The lowest BCUT2D eigenvalue weighted by molar-refractivity contribution is 0.247. The molecule has 3 rings (SSSR count). The Balaban J connectivity index is 1.53. The van der Waals surface area contributed by atoms with Gasteiger partial charge in [-0.05, 0) is 26.0 Å². The van der Waals surface area contributed by atoms with Crippen molar-refractivity contribution in [3.63, 3.8) is 0 Å². The highest BCUT2D eigenvalue weighted by Crippen LogP contribution is 2.16. The lowest BCUT2D eigenvalue weighted by Gasteiger charge is -2.35. The molecule has 2 N–H and O–H groups in total. The molecule has 0 saturated carbocycles. The van der Waals surface area contributed by atoms with E-state index in [1.165, 1.54) is 12.0 Å². The van der Waals surface area contributed by atoms with Crippen LogP contribution in [0.25, 0.3) is 0 Å². The van der Waals surface area contributed by atoms with Gasteiger partial charge in [-0.3, -0.25) is 15.2 Å². The van der Waals surface area contributed by atoms with E-state index in [2.05, 4.69) is 41.5 Å². The number of hydrogen-bond donors (Lipinski definition) is 2. The van der Waals surface area contributed by atoms with Crippen LogP contribution in [0.4, 0.5) is 16.3 Å². The lowest BCUT2D eigenvalue weighted by Crippen LogP contribution is -2.46. The molecule has 2 aromatic heterocycles. The van der Waals surface area contributed by atoms with Crippen molar-refractivity contribution in [3.8, 4) is 0 Å². The molecule has 1 saturated heterocycles. The average molecular weight is 355 g/mol. The molecule has 8 nitrogen and oxygen atoms in total. The summed E-state index contributed by atoms with van der Waals surface area (Å²) in [6, 6.07) is 5.75. The number of nitrogens with zero attached hydrogens (tertiary/aromatic N) is 5. The van der Waals surface area contributed by atoms with Gasteiger partial charge in [0.2, 0.25) is 0 Å². The van der Waals surface area contributed by atoms with Gasteiger partial charge in [-0.15, -0.1) is 0 Å². The minimum absolute atomic E-state index is 0.252. The second-order valence-electron chi connectivity index (χ2n) is 6.30. The summed E-state index contributed by atoms with van der Waals surface area (Å²) < 4.78 is 0. The van der Waals surface area contributed by atoms with Gasteiger partial charge in [-0.25, -0.2) is 14.8 Å². The monoisotopic (exact) mass is 355 g/mol. The topological polar surface area (TPSA) is 86.3 Å². The van der Waals surface area contributed by atoms with Crippen LogP contribution in [-0.4, -0.2) is 58.6 Å². The van der Waals surface area contributed by atoms with Crippen molar-refractivity contribution in [2.45, 2.75) is 20.4 Å². The number of urea groups is 1. The van der Waals surface area contributed by atoms with Crippen molar-refractivity contribution >= 4 is 17.5 Å². The fourth-order valence-corrected chi connectivity index (χ4v) is 2.91. The van der Waals surface area contributed by atoms with Crippen LogP contribution in [0.3, 0.4) is 0 Å². The zero-order valence-corrected chi connectivity index (χ0v) is 15.3. The van der Waals surface area contributed by atoms with Gasteiger partial charge in [0.15, 0.2) is 0 Å². The van der Waals surface area contributed by atoms with E-state index in [9.17, 15) is 4.79 Å². The summed E-state index contributed by atoms with van der Waals surface area (Å²) in [5.41, 5.74) is 3.11. The van der Waals surface area contributed by atoms with Gasteiger partial charge < -0.3 is 10.2 Å². The minimum Gasteiger partial charge on any atom is -0.368 e. The lowest BCUT2D eigenvalue weighted by atomic mass is 10.2. The minimum atomic E-state index is -0.252. The summed E-state index contributed by atoms with van der Waals surface area (Å²) in [6.45, 7) is 9.01. The molecule has 0 aromatic carbocycles. The summed E-state index contributed by atoms with van der Waals surface area (Å²) in [7, 11) is 0. The maximum atomic E-state index is 11.6. The number of pyridine rings is 1. The van der Waals surface area contributed by atoms with Crippen molar-refractivity contribution < 1.29 is 4.79 Å². The van der Waals surface area contributed by atoms with Gasteiger partial charge >= 0.3 is 6.03 Å². The van der Waals surface area contributed by atoms with Crippen LogP contribution in [-0.2, 0) is 6.54 Å². The van der Waals surface area contributed by atoms with E-state index in [0.29, 0.717) is 12.4 Å². The Hall–Kier alpha value is -2.74. The second kappa shape index (κ2) is 8.57. The highest BCUT2D eigenvalue weighted by Gasteiger charge is 2.18. The molecule has 0 spiro atoms. The zero-order valence-electron chi connectivity index (χ0n) is 15.3. The molecule has 0 atom stereocenters. The summed E-state index contributed by atoms with van der Waals surface area (Å²) in [5, 5.41) is 5.41. The van der Waals surface area contributed by atoms with Crippen LogP contribution in [0.5, 0.6) is 0 Å². The number of piperazine rings is 1. The SMILES string of the molecule is CCNC(=O)Nc1cc(CN2CCN(c3ccc(C)nc3)CC2)ncn1. The first-order valence-corrected chi connectivity index (χ1v) is 8.90. The summed E-state index contributed by atoms with van der Waals surface area (Å²) in [4.78, 5) is 29.1. The zero-order chi connectivity index (χ0) is 18.4. The van der Waals surface area contributed by atoms with E-state index in [1.807, 2.05) is 32.2 Å². The van der Waals surface area contributed by atoms with Crippen molar-refractivity contribution in [3.05, 3.63) is 42.1 Å². The highest BCUT2D eigenvalue weighted by atomic mass is 16.2. The van der Waals surface area contributed by atoms with Crippen LogP contribution in [0, 0.1) is 6.92 Å². The molecular formula is C18H25N7O. The van der Waals surface area contributed by atoms with Crippen LogP contribution in [0.2, 0.25) is 0 Å². The molecule has 1 fully saturated rings. The number of amides is 2. The third-order valence-corrected chi connectivity index (χ3v) is 4.32. The van der Waals surface area contributed by atoms with Crippen LogP contribution in [0.15, 0.2) is 30.7 Å². The summed E-state index contributed by atoms with van der Waals surface area (Å²) >= 11 is 0. The fraction of sp³-hybridized carbons (Fsp3) is 0.444. The molecular weight excluding hydrogens is 330 g/mol. The summed E-state index contributed by atoms with van der Waals surface area (Å²) in [6.07, 6.45) is 3.43. The normalized spacial score (nSPS) is 14.9. The number of nitrogens with one attached hydrogen (secondary N) is 2. The van der Waals surface area contributed by atoms with E-state index in [-0.39, 0.29) is 6.03 Å². The number of aryl methyl sites for hydroxylation is 1. The third-order valence-electron chi connectivity index (χ3n) is 4.32. The molecule has 2 aromatic rings. The molecule has 0 aliphatic carbocycles. The van der Waals surface area contributed by atoms with Crippen LogP contribution < -0.4 is 15.5 Å². The quantitative estimate of drug-likeness (QED) is 0.848. The highest BCUT2D eigenvalue weighted by molar-refractivity contribution is 5.88. The van der Waals surface area contributed by atoms with Gasteiger partial charge in [-0.2, -0.15) is 0 Å². The average Bonchev–Trinajstić information content (AvgIpc) is 2.64. The number of hydrogen-bond acceptors (Lipinski definition) is 6. The number of carbonyl (C=O) groups excluding carboxylic acids is 1. The molecule has 1 aliphatic heterocycles. The van der Waals surface area contributed by atoms with Gasteiger partial charge in [0.1, 0.15) is 12.1 Å². The molecule has 8 heteroatoms. The van der Waals surface area contributed by atoms with E-state index < -0.39 is 0 Å². The largest absolute Gasteiger partial charge is 0.368 e. The fourth-order valence-electron chi connectivity index (χ4n) is 2.91. The first kappa shape index (κ1) is 18.1. The van der Waals surface area contributed by atoms with Crippen LogP contribution in [0.1, 0.15) is 18.3 Å². The molecule has 0 unspecified atom stereocenters. The molecule has 1 aliphatic rings. The molecule has 0 radical (unpaired) electrons. The van der Waals surface area contributed by atoms with E-state index in [0.717, 1.165) is 44.1 Å². The Kier molecular flexibility index (Phi) is 5.96. The van der Waals surface area contributed by atoms with E-state index >= 15 is 0 Å². The molecule has 0 bridgehead atoms. The third kappa shape index (κ3) is 4.89. The number of anilines is 2. The van der Waals surface area contributed by atoms with Gasteiger partial charge in [0.05, 0.1) is 17.6 Å². The second-order valence-corrected chi connectivity index (χ2v) is 6.30. The first-order chi connectivity index (χ1) is 12.6. The van der Waals surface area contributed by atoms with Gasteiger partial charge in [0.25, 0.3) is 0 Å². The Morgan fingerprint density at radius 1 is 1.15 bits per heavy atom. The Labute approximate surface area is 153 Å². The molecule has 3 heterocycles. The maximum Gasteiger partial charge on any atom is 0.320 e. The smallest absolute Gasteiger partial charge is 0.320 e. The predicted molar refractivity (Wildman–Crippen MR) is 101 cm³/mol. The first-order valence-electron chi connectivity index (χ1n) is 8.90.